The molecule has 0 aromatic carbocycles. The van der Waals surface area contributed by atoms with Gasteiger partial charge in [-0.2, -0.15) is 0 Å². The Morgan fingerprint density at radius 3 is 2.90 bits per heavy atom. The van der Waals surface area contributed by atoms with Crippen molar-refractivity contribution in [2.75, 3.05) is 25.9 Å². The first kappa shape index (κ1) is 14.9. The molecule has 5 heteroatoms. The molecule has 114 valence electrons. The largest absolute Gasteiger partial charge is 0.352 e. The fourth-order valence-corrected chi connectivity index (χ4v) is 4.41. The third-order valence-electron chi connectivity index (χ3n) is 4.90. The van der Waals surface area contributed by atoms with Gasteiger partial charge < -0.3 is 5.32 Å². The molecule has 21 heavy (non-hydrogen) atoms. The number of fused-ring (bicyclic) bond motifs is 1. The second-order valence-electron chi connectivity index (χ2n) is 5.98. The molecule has 0 saturated carbocycles. The van der Waals surface area contributed by atoms with E-state index in [2.05, 4.69) is 15.2 Å². The minimum absolute atomic E-state index is 0.00592. The molecule has 4 nitrogen and oxygen atoms in total. The number of rotatable bonds is 5. The highest BCUT2D eigenvalue weighted by molar-refractivity contribution is 7.98. The van der Waals surface area contributed by atoms with E-state index in [-0.39, 0.29) is 5.91 Å². The predicted molar refractivity (Wildman–Crippen MR) is 85.7 cm³/mol. The third kappa shape index (κ3) is 2.94. The van der Waals surface area contributed by atoms with Gasteiger partial charge >= 0.3 is 0 Å². The van der Waals surface area contributed by atoms with Gasteiger partial charge in [0.05, 0.1) is 5.56 Å². The fraction of sp³-hybridized carbons (Fsp3) is 0.625. The molecule has 1 N–H and O–H groups in total. The summed E-state index contributed by atoms with van der Waals surface area (Å²) in [6, 6.07) is 3.67. The number of nitrogens with one attached hydrogen (secondary N) is 1. The van der Waals surface area contributed by atoms with Crippen molar-refractivity contribution in [3.63, 3.8) is 0 Å². The van der Waals surface area contributed by atoms with E-state index in [4.69, 9.17) is 0 Å². The number of hydrogen-bond acceptors (Lipinski definition) is 4. The number of carbonyl (C=O) groups is 1. The molecule has 1 aromatic heterocycles. The highest BCUT2D eigenvalue weighted by Gasteiger charge is 2.43. The van der Waals surface area contributed by atoms with Crippen molar-refractivity contribution >= 4 is 17.7 Å². The Morgan fingerprint density at radius 1 is 1.43 bits per heavy atom. The van der Waals surface area contributed by atoms with E-state index >= 15 is 0 Å². The van der Waals surface area contributed by atoms with Crippen LogP contribution in [0.5, 0.6) is 0 Å². The van der Waals surface area contributed by atoms with Crippen LogP contribution in [0.4, 0.5) is 0 Å². The zero-order valence-corrected chi connectivity index (χ0v) is 13.4. The Kier molecular flexibility index (Phi) is 4.50. The highest BCUT2D eigenvalue weighted by Crippen LogP contribution is 2.40. The molecule has 0 atom stereocenters. The molecule has 0 bridgehead atoms. The lowest BCUT2D eigenvalue weighted by molar-refractivity contribution is 0.0939. The van der Waals surface area contributed by atoms with E-state index in [9.17, 15) is 4.79 Å². The SMILES string of the molecule is CSc1ncccc1C(=O)NCCC12CCCN1CCC2. The van der Waals surface area contributed by atoms with Crippen molar-refractivity contribution in [3.05, 3.63) is 23.9 Å². The lowest BCUT2D eigenvalue weighted by Crippen LogP contribution is -2.41. The Balaban J connectivity index is 1.57. The molecule has 0 spiro atoms. The quantitative estimate of drug-likeness (QED) is 0.849. The number of aromatic nitrogens is 1. The van der Waals surface area contributed by atoms with E-state index < -0.39 is 0 Å². The van der Waals surface area contributed by atoms with Gasteiger partial charge in [0.2, 0.25) is 0 Å². The van der Waals surface area contributed by atoms with Crippen molar-refractivity contribution in [1.82, 2.24) is 15.2 Å². The summed E-state index contributed by atoms with van der Waals surface area (Å²) in [5.41, 5.74) is 1.07. The second kappa shape index (κ2) is 6.36. The van der Waals surface area contributed by atoms with Crippen LogP contribution in [-0.4, -0.2) is 47.2 Å². The third-order valence-corrected chi connectivity index (χ3v) is 5.61. The maximum absolute atomic E-state index is 12.3. The molecular formula is C16H23N3OS. The molecule has 3 rings (SSSR count). The number of hydrogen-bond donors (Lipinski definition) is 1. The van der Waals surface area contributed by atoms with Gasteiger partial charge in [0.15, 0.2) is 0 Å². The van der Waals surface area contributed by atoms with Crippen LogP contribution in [0.1, 0.15) is 42.5 Å². The molecule has 2 aliphatic rings. The standard InChI is InChI=1S/C16H23N3OS/c1-21-15-13(5-2-9-18-15)14(20)17-10-8-16-6-3-11-19(16)12-4-7-16/h2,5,9H,3-4,6-8,10-12H2,1H3,(H,17,20). The maximum atomic E-state index is 12.3. The molecule has 0 radical (unpaired) electrons. The molecule has 3 heterocycles. The molecule has 1 aromatic rings. The molecule has 2 fully saturated rings. The number of nitrogens with zero attached hydrogens (tertiary/aromatic N) is 2. The van der Waals surface area contributed by atoms with E-state index in [1.54, 1.807) is 6.20 Å². The number of carbonyl (C=O) groups excluding carboxylic acids is 1. The Labute approximate surface area is 130 Å². The van der Waals surface area contributed by atoms with Gasteiger partial charge in [-0.25, -0.2) is 4.98 Å². The van der Waals surface area contributed by atoms with Crippen LogP contribution >= 0.6 is 11.8 Å². The zero-order chi connectivity index (χ0) is 14.7. The Bertz CT molecular complexity index is 510. The van der Waals surface area contributed by atoms with Gasteiger partial charge in [0.25, 0.3) is 5.91 Å². The lowest BCUT2D eigenvalue weighted by Gasteiger charge is -2.32. The summed E-state index contributed by atoms with van der Waals surface area (Å²) < 4.78 is 0. The van der Waals surface area contributed by atoms with E-state index in [1.165, 1.54) is 50.5 Å². The zero-order valence-electron chi connectivity index (χ0n) is 12.6. The smallest absolute Gasteiger partial charge is 0.254 e. The van der Waals surface area contributed by atoms with Crippen molar-refractivity contribution < 1.29 is 4.79 Å². The molecule has 2 aliphatic heterocycles. The number of pyridine rings is 1. The van der Waals surface area contributed by atoms with Crippen molar-refractivity contribution in [2.24, 2.45) is 0 Å². The Morgan fingerprint density at radius 2 is 2.19 bits per heavy atom. The first-order valence-electron chi connectivity index (χ1n) is 7.77. The normalized spacial score (nSPS) is 20.4. The maximum Gasteiger partial charge on any atom is 0.254 e. The van der Waals surface area contributed by atoms with Crippen LogP contribution in [0, 0.1) is 0 Å². The second-order valence-corrected chi connectivity index (χ2v) is 6.78. The van der Waals surface area contributed by atoms with Gasteiger partial charge in [0.1, 0.15) is 5.03 Å². The van der Waals surface area contributed by atoms with Crippen LogP contribution in [-0.2, 0) is 0 Å². The van der Waals surface area contributed by atoms with Crippen molar-refractivity contribution in [3.8, 4) is 0 Å². The first-order valence-corrected chi connectivity index (χ1v) is 9.00. The minimum atomic E-state index is 0.00592. The lowest BCUT2D eigenvalue weighted by atomic mass is 9.90. The van der Waals surface area contributed by atoms with Gasteiger partial charge in [-0.1, -0.05) is 0 Å². The van der Waals surface area contributed by atoms with Crippen LogP contribution in [0.3, 0.4) is 0 Å². The van der Waals surface area contributed by atoms with Crippen LogP contribution in [0.25, 0.3) is 0 Å². The van der Waals surface area contributed by atoms with E-state index in [1.807, 2.05) is 18.4 Å². The van der Waals surface area contributed by atoms with Gasteiger partial charge in [-0.3, -0.25) is 9.69 Å². The summed E-state index contributed by atoms with van der Waals surface area (Å²) in [5.74, 6) is 0.00592. The van der Waals surface area contributed by atoms with Crippen molar-refractivity contribution in [1.29, 1.82) is 0 Å². The molecule has 0 unspecified atom stereocenters. The average molecular weight is 305 g/mol. The van der Waals surface area contributed by atoms with Crippen LogP contribution in [0.15, 0.2) is 23.4 Å². The average Bonchev–Trinajstić information content (AvgIpc) is 3.06. The number of amides is 1. The molecular weight excluding hydrogens is 282 g/mol. The summed E-state index contributed by atoms with van der Waals surface area (Å²) in [6.07, 6.45) is 9.98. The highest BCUT2D eigenvalue weighted by atomic mass is 32.2. The molecule has 1 amide bonds. The molecule has 2 saturated heterocycles. The summed E-state index contributed by atoms with van der Waals surface area (Å²) in [5, 5.41) is 3.89. The topological polar surface area (TPSA) is 45.2 Å². The predicted octanol–water partition coefficient (Wildman–Crippen LogP) is 2.55. The van der Waals surface area contributed by atoms with E-state index in [0.717, 1.165) is 18.0 Å². The van der Waals surface area contributed by atoms with Crippen LogP contribution in [0.2, 0.25) is 0 Å². The summed E-state index contributed by atoms with van der Waals surface area (Å²) in [4.78, 5) is 19.2. The van der Waals surface area contributed by atoms with Crippen molar-refractivity contribution in [2.45, 2.75) is 42.7 Å². The summed E-state index contributed by atoms with van der Waals surface area (Å²) in [7, 11) is 0. The summed E-state index contributed by atoms with van der Waals surface area (Å²) >= 11 is 1.52. The number of thioether (sulfide) groups is 1. The minimum Gasteiger partial charge on any atom is -0.352 e. The first-order chi connectivity index (χ1) is 10.2. The van der Waals surface area contributed by atoms with Gasteiger partial charge in [-0.05, 0) is 63.6 Å². The van der Waals surface area contributed by atoms with Gasteiger partial charge in [-0.15, -0.1) is 11.8 Å². The molecule has 0 aliphatic carbocycles. The Hall–Kier alpha value is -1.07. The van der Waals surface area contributed by atoms with Gasteiger partial charge in [0, 0.05) is 18.3 Å². The van der Waals surface area contributed by atoms with Crippen LogP contribution < -0.4 is 5.32 Å². The summed E-state index contributed by atoms with van der Waals surface area (Å²) in [6.45, 7) is 3.25. The monoisotopic (exact) mass is 305 g/mol. The fourth-order valence-electron chi connectivity index (χ4n) is 3.86. The van der Waals surface area contributed by atoms with E-state index in [0.29, 0.717) is 11.1 Å².